The molecule has 0 aliphatic carbocycles. The summed E-state index contributed by atoms with van der Waals surface area (Å²) in [5.41, 5.74) is -0.891. The number of amides is 1. The van der Waals surface area contributed by atoms with E-state index in [-0.39, 0.29) is 48.7 Å². The predicted molar refractivity (Wildman–Crippen MR) is 131 cm³/mol. The Morgan fingerprint density at radius 1 is 1.16 bits per heavy atom. The second-order valence-electron chi connectivity index (χ2n) is 9.28. The largest absolute Gasteiger partial charge is 0.388 e. The molecule has 200 valence electrons. The Morgan fingerprint density at radius 3 is 2.50 bits per heavy atom. The molecule has 10 nitrogen and oxygen atoms in total. The van der Waals surface area contributed by atoms with E-state index in [0.29, 0.717) is 5.69 Å². The number of nitrogens with zero attached hydrogens (tertiary/aromatic N) is 7. The molecular weight excluding hydrogens is 527 g/mol. The van der Waals surface area contributed by atoms with Crippen LogP contribution < -0.4 is 5.56 Å². The molecule has 14 heteroatoms. The van der Waals surface area contributed by atoms with Gasteiger partial charge in [0.15, 0.2) is 10.8 Å². The minimum atomic E-state index is -2.82. The third kappa shape index (κ3) is 5.16. The van der Waals surface area contributed by atoms with Gasteiger partial charge in [-0.15, -0.1) is 0 Å². The molecule has 4 heterocycles. The molecule has 1 aromatic carbocycles. The maximum atomic E-state index is 13.6. The zero-order valence-electron chi connectivity index (χ0n) is 19.9. The van der Waals surface area contributed by atoms with Gasteiger partial charge in [-0.25, -0.2) is 22.8 Å². The van der Waals surface area contributed by atoms with Crippen LogP contribution in [-0.4, -0.2) is 70.1 Å². The summed E-state index contributed by atoms with van der Waals surface area (Å²) in [7, 11) is 0. The minimum Gasteiger partial charge on any atom is -0.388 e. The molecule has 1 fully saturated rings. The van der Waals surface area contributed by atoms with Crippen molar-refractivity contribution in [2.75, 3.05) is 13.1 Å². The fourth-order valence-corrected chi connectivity index (χ4v) is 4.73. The molecule has 1 aliphatic rings. The van der Waals surface area contributed by atoms with Gasteiger partial charge >= 0.3 is 0 Å². The Bertz CT molecular complexity index is 1510. The number of hydrogen-bond acceptors (Lipinski definition) is 6. The molecule has 5 rings (SSSR count). The summed E-state index contributed by atoms with van der Waals surface area (Å²) < 4.78 is 44.1. The zero-order valence-corrected chi connectivity index (χ0v) is 20.7. The van der Waals surface area contributed by atoms with Crippen molar-refractivity contribution in [2.45, 2.75) is 43.9 Å². The summed E-state index contributed by atoms with van der Waals surface area (Å²) in [6.07, 6.45) is 0.973. The predicted octanol–water partition coefficient (Wildman–Crippen LogP) is 2.82. The summed E-state index contributed by atoms with van der Waals surface area (Å²) >= 11 is 5.72. The lowest BCUT2D eigenvalue weighted by Crippen LogP contribution is -2.50. The van der Waals surface area contributed by atoms with Crippen LogP contribution >= 0.6 is 11.6 Å². The van der Waals surface area contributed by atoms with Gasteiger partial charge in [-0.1, -0.05) is 11.6 Å². The highest BCUT2D eigenvalue weighted by Crippen LogP contribution is 2.27. The van der Waals surface area contributed by atoms with Gasteiger partial charge in [-0.05, 0) is 43.2 Å². The number of hydrogen-bond donors (Lipinski definition) is 1. The Balaban J connectivity index is 1.25. The quantitative estimate of drug-likeness (QED) is 0.379. The Labute approximate surface area is 218 Å². The van der Waals surface area contributed by atoms with Crippen molar-refractivity contribution in [3.8, 4) is 5.69 Å². The molecule has 1 N–H and O–H groups in total. The third-order valence-corrected chi connectivity index (χ3v) is 6.93. The summed E-state index contributed by atoms with van der Waals surface area (Å²) in [5, 5.41) is 19.4. The number of carbonyl (C=O) groups excluding carboxylic acids is 1. The van der Waals surface area contributed by atoms with Crippen LogP contribution in [0.15, 0.2) is 53.8 Å². The molecule has 1 atom stereocenters. The monoisotopic (exact) mass is 549 g/mol. The summed E-state index contributed by atoms with van der Waals surface area (Å²) in [6, 6.07) is 5.49. The van der Waals surface area contributed by atoms with Crippen molar-refractivity contribution in [3.63, 3.8) is 0 Å². The van der Waals surface area contributed by atoms with Crippen molar-refractivity contribution in [1.82, 2.24) is 34.0 Å². The van der Waals surface area contributed by atoms with Gasteiger partial charge < -0.3 is 10.0 Å². The first-order valence-electron chi connectivity index (χ1n) is 11.8. The van der Waals surface area contributed by atoms with E-state index >= 15 is 0 Å². The number of carbonyl (C=O) groups is 1. The number of fused-ring (bicyclic) bond motifs is 1. The normalized spacial score (nSPS) is 16.3. The van der Waals surface area contributed by atoms with Crippen molar-refractivity contribution in [3.05, 3.63) is 70.4 Å². The van der Waals surface area contributed by atoms with E-state index in [0.717, 1.165) is 4.68 Å². The molecule has 0 saturated carbocycles. The number of halogens is 4. The van der Waals surface area contributed by atoms with E-state index in [2.05, 4.69) is 15.2 Å². The van der Waals surface area contributed by atoms with E-state index in [1.807, 2.05) is 0 Å². The molecule has 1 unspecified atom stereocenters. The molecule has 3 aromatic heterocycles. The second-order valence-corrected chi connectivity index (χ2v) is 9.66. The van der Waals surface area contributed by atoms with E-state index in [1.54, 1.807) is 0 Å². The Kier molecular flexibility index (Phi) is 6.97. The van der Waals surface area contributed by atoms with E-state index < -0.39 is 41.8 Å². The van der Waals surface area contributed by atoms with Gasteiger partial charge in [0, 0.05) is 19.3 Å². The lowest BCUT2D eigenvalue weighted by molar-refractivity contribution is -0.138. The average Bonchev–Trinajstić information content (AvgIpc) is 3.51. The fourth-order valence-electron chi connectivity index (χ4n) is 4.59. The highest BCUT2D eigenvalue weighted by atomic mass is 35.5. The molecule has 0 radical (unpaired) electrons. The number of piperidine rings is 1. The Morgan fingerprint density at radius 2 is 1.87 bits per heavy atom. The fraction of sp³-hybridized carbons (Fsp3) is 0.375. The zero-order chi connectivity index (χ0) is 27.0. The number of likely N-dealkylation sites (tertiary alicyclic amines) is 1. The van der Waals surface area contributed by atoms with Gasteiger partial charge in [-0.2, -0.15) is 10.2 Å². The first kappa shape index (κ1) is 25.9. The molecule has 0 bridgehead atoms. The van der Waals surface area contributed by atoms with E-state index in [1.165, 1.54) is 63.2 Å². The maximum Gasteiger partial charge on any atom is 0.264 e. The summed E-state index contributed by atoms with van der Waals surface area (Å²) in [4.78, 5) is 31.6. The lowest BCUT2D eigenvalue weighted by atomic mass is 9.91. The highest BCUT2D eigenvalue weighted by Gasteiger charge is 2.36. The number of aromatic nitrogens is 6. The number of benzene rings is 1. The summed E-state index contributed by atoms with van der Waals surface area (Å²) in [5.74, 6) is -0.893. The second kappa shape index (κ2) is 10.2. The molecule has 0 spiro atoms. The SMILES string of the molecule is O=C(CC(C(F)F)n1ccc(Cl)n1)N1CCC(O)(Cn2cnc3c(cnn3-c3ccc(F)cc3)c2=O)CC1. The van der Waals surface area contributed by atoms with Crippen molar-refractivity contribution in [1.29, 1.82) is 0 Å². The van der Waals surface area contributed by atoms with Gasteiger partial charge in [0.1, 0.15) is 23.6 Å². The number of rotatable bonds is 7. The van der Waals surface area contributed by atoms with Crippen LogP contribution in [0.1, 0.15) is 25.3 Å². The first-order valence-corrected chi connectivity index (χ1v) is 12.2. The maximum absolute atomic E-state index is 13.6. The molecule has 1 amide bonds. The third-order valence-electron chi connectivity index (χ3n) is 6.73. The minimum absolute atomic E-state index is 0.0526. The van der Waals surface area contributed by atoms with Crippen molar-refractivity contribution >= 4 is 28.5 Å². The van der Waals surface area contributed by atoms with Crippen molar-refractivity contribution in [2.24, 2.45) is 0 Å². The smallest absolute Gasteiger partial charge is 0.264 e. The van der Waals surface area contributed by atoms with Gasteiger partial charge in [-0.3, -0.25) is 18.8 Å². The molecule has 1 aliphatic heterocycles. The van der Waals surface area contributed by atoms with Crippen molar-refractivity contribution < 1.29 is 23.1 Å². The molecule has 4 aromatic rings. The number of alkyl halides is 2. The van der Waals surface area contributed by atoms with Crippen LogP contribution in [-0.2, 0) is 11.3 Å². The van der Waals surface area contributed by atoms with Gasteiger partial charge in [0.25, 0.3) is 12.0 Å². The van der Waals surface area contributed by atoms with Crippen LogP contribution in [0.2, 0.25) is 5.15 Å². The summed E-state index contributed by atoms with van der Waals surface area (Å²) in [6.45, 7) is 0.208. The average molecular weight is 550 g/mol. The van der Waals surface area contributed by atoms with Crippen LogP contribution in [0, 0.1) is 5.82 Å². The van der Waals surface area contributed by atoms with E-state index in [4.69, 9.17) is 11.6 Å². The van der Waals surface area contributed by atoms with E-state index in [9.17, 15) is 27.9 Å². The molecular formula is C24H23ClF3N7O3. The van der Waals surface area contributed by atoms with Gasteiger partial charge in [0.2, 0.25) is 5.91 Å². The van der Waals surface area contributed by atoms with Crippen LogP contribution in [0.5, 0.6) is 0 Å². The molecule has 1 saturated heterocycles. The molecule has 38 heavy (non-hydrogen) atoms. The van der Waals surface area contributed by atoms with Gasteiger partial charge in [0.05, 0.1) is 30.5 Å². The highest BCUT2D eigenvalue weighted by molar-refractivity contribution is 6.29. The lowest BCUT2D eigenvalue weighted by Gasteiger charge is -2.38. The van der Waals surface area contributed by atoms with Crippen LogP contribution in [0.4, 0.5) is 13.2 Å². The topological polar surface area (TPSA) is 111 Å². The van der Waals surface area contributed by atoms with Crippen LogP contribution in [0.3, 0.4) is 0 Å². The standard InChI is InChI=1S/C24H23ClF3N7O3/c25-19-5-8-34(31-19)18(21(27)28)11-20(36)32-9-6-24(38,7-10-32)13-33-14-29-22-17(23(33)37)12-30-35(22)16-3-1-15(26)2-4-16/h1-5,8,12,14,18,21,38H,6-7,9-11,13H2. The first-order chi connectivity index (χ1) is 18.1. The van der Waals surface area contributed by atoms with Crippen LogP contribution in [0.25, 0.3) is 16.7 Å². The Hall–Kier alpha value is -3.71. The number of aliphatic hydroxyl groups is 1.